The van der Waals surface area contributed by atoms with Gasteiger partial charge in [-0.05, 0) is 43.4 Å². The molecule has 1 fully saturated rings. The van der Waals surface area contributed by atoms with Crippen molar-refractivity contribution in [2.45, 2.75) is 32.2 Å². The Hall–Kier alpha value is -1.02. The summed E-state index contributed by atoms with van der Waals surface area (Å²) in [6.07, 6.45) is 3.91. The van der Waals surface area contributed by atoms with Crippen LogP contribution in [0.3, 0.4) is 0 Å². The molecule has 2 N–H and O–H groups in total. The summed E-state index contributed by atoms with van der Waals surface area (Å²) in [6, 6.07) is 8.42. The number of benzene rings is 1. The zero-order valence-electron chi connectivity index (χ0n) is 9.28. The summed E-state index contributed by atoms with van der Waals surface area (Å²) in [4.78, 5) is 0. The number of rotatable bonds is 4. The van der Waals surface area contributed by atoms with Crippen LogP contribution in [-0.4, -0.2) is 6.61 Å². The molecule has 2 heteroatoms. The third kappa shape index (κ3) is 2.32. The van der Waals surface area contributed by atoms with E-state index in [-0.39, 0.29) is 6.04 Å². The zero-order chi connectivity index (χ0) is 10.7. The second-order valence-electron chi connectivity index (χ2n) is 4.22. The average molecular weight is 205 g/mol. The van der Waals surface area contributed by atoms with Gasteiger partial charge in [-0.25, -0.2) is 0 Å². The molecule has 1 atom stereocenters. The van der Waals surface area contributed by atoms with Crippen molar-refractivity contribution in [2.75, 3.05) is 6.61 Å². The molecule has 0 amide bonds. The van der Waals surface area contributed by atoms with Crippen molar-refractivity contribution in [1.29, 1.82) is 0 Å². The normalized spacial score (nSPS) is 18.3. The van der Waals surface area contributed by atoms with Crippen molar-refractivity contribution in [2.24, 2.45) is 11.7 Å². The maximum atomic E-state index is 6.18. The van der Waals surface area contributed by atoms with E-state index < -0.39 is 0 Å². The third-order valence-electron chi connectivity index (χ3n) is 3.23. The van der Waals surface area contributed by atoms with E-state index in [1.807, 2.05) is 19.1 Å². The Morgan fingerprint density at radius 3 is 2.47 bits per heavy atom. The van der Waals surface area contributed by atoms with Gasteiger partial charge in [0.25, 0.3) is 0 Å². The summed E-state index contributed by atoms with van der Waals surface area (Å²) < 4.78 is 5.40. The van der Waals surface area contributed by atoms with Crippen LogP contribution in [0.2, 0.25) is 0 Å². The van der Waals surface area contributed by atoms with Crippen LogP contribution in [0.4, 0.5) is 0 Å². The standard InChI is InChI=1S/C13H19NO/c1-2-15-12-8-6-11(7-9-12)13(14)10-4-3-5-10/h6-10,13H,2-5,14H2,1H3/t13-/m1/s1. The van der Waals surface area contributed by atoms with Gasteiger partial charge < -0.3 is 10.5 Å². The van der Waals surface area contributed by atoms with E-state index in [0.29, 0.717) is 12.5 Å². The molecule has 0 aromatic heterocycles. The average Bonchev–Trinajstić information content (AvgIpc) is 2.16. The molecule has 1 aromatic rings. The van der Waals surface area contributed by atoms with Crippen molar-refractivity contribution in [3.63, 3.8) is 0 Å². The van der Waals surface area contributed by atoms with Crippen LogP contribution >= 0.6 is 0 Å². The van der Waals surface area contributed by atoms with Crippen molar-refractivity contribution in [3.8, 4) is 5.75 Å². The number of hydrogen-bond donors (Lipinski definition) is 1. The van der Waals surface area contributed by atoms with Gasteiger partial charge in [0, 0.05) is 6.04 Å². The second kappa shape index (κ2) is 4.67. The third-order valence-corrected chi connectivity index (χ3v) is 3.23. The Morgan fingerprint density at radius 2 is 2.00 bits per heavy atom. The molecule has 1 saturated carbocycles. The SMILES string of the molecule is CCOc1ccc([C@H](N)C2CCC2)cc1. The van der Waals surface area contributed by atoms with Crippen LogP contribution in [0.25, 0.3) is 0 Å². The van der Waals surface area contributed by atoms with Gasteiger partial charge in [-0.2, -0.15) is 0 Å². The largest absolute Gasteiger partial charge is 0.494 e. The number of ether oxygens (including phenoxy) is 1. The predicted molar refractivity (Wildman–Crippen MR) is 61.9 cm³/mol. The molecule has 2 rings (SSSR count). The lowest BCUT2D eigenvalue weighted by Crippen LogP contribution is -2.26. The van der Waals surface area contributed by atoms with Gasteiger partial charge in [0.15, 0.2) is 0 Å². The summed E-state index contributed by atoms with van der Waals surface area (Å²) in [5.74, 6) is 1.63. The zero-order valence-corrected chi connectivity index (χ0v) is 9.28. The molecule has 1 aliphatic carbocycles. The van der Waals surface area contributed by atoms with E-state index in [4.69, 9.17) is 10.5 Å². The molecule has 82 valence electrons. The second-order valence-corrected chi connectivity index (χ2v) is 4.22. The summed E-state index contributed by atoms with van der Waals surface area (Å²) in [5, 5.41) is 0. The minimum absolute atomic E-state index is 0.217. The summed E-state index contributed by atoms with van der Waals surface area (Å²) in [6.45, 7) is 2.71. The summed E-state index contributed by atoms with van der Waals surface area (Å²) in [7, 11) is 0. The van der Waals surface area contributed by atoms with Gasteiger partial charge in [0.1, 0.15) is 5.75 Å². The smallest absolute Gasteiger partial charge is 0.119 e. The van der Waals surface area contributed by atoms with Crippen LogP contribution in [0.15, 0.2) is 24.3 Å². The summed E-state index contributed by atoms with van der Waals surface area (Å²) >= 11 is 0. The quantitative estimate of drug-likeness (QED) is 0.820. The molecule has 1 aromatic carbocycles. The molecule has 0 spiro atoms. The van der Waals surface area contributed by atoms with Crippen LogP contribution in [0, 0.1) is 5.92 Å². The van der Waals surface area contributed by atoms with Crippen molar-refractivity contribution in [1.82, 2.24) is 0 Å². The van der Waals surface area contributed by atoms with E-state index >= 15 is 0 Å². The Morgan fingerprint density at radius 1 is 1.33 bits per heavy atom. The Bertz CT molecular complexity index is 303. The highest BCUT2D eigenvalue weighted by Crippen LogP contribution is 2.36. The Balaban J connectivity index is 2.02. The first-order valence-electron chi connectivity index (χ1n) is 5.79. The number of hydrogen-bond acceptors (Lipinski definition) is 2. The minimum Gasteiger partial charge on any atom is -0.494 e. The highest BCUT2D eigenvalue weighted by Gasteiger charge is 2.25. The van der Waals surface area contributed by atoms with Gasteiger partial charge in [-0.15, -0.1) is 0 Å². The molecule has 0 unspecified atom stereocenters. The topological polar surface area (TPSA) is 35.2 Å². The fraction of sp³-hybridized carbons (Fsp3) is 0.538. The van der Waals surface area contributed by atoms with Gasteiger partial charge in [0.05, 0.1) is 6.61 Å². The molecule has 0 aliphatic heterocycles. The van der Waals surface area contributed by atoms with E-state index in [1.54, 1.807) is 0 Å². The van der Waals surface area contributed by atoms with Crippen molar-refractivity contribution >= 4 is 0 Å². The first kappa shape index (κ1) is 10.5. The fourth-order valence-electron chi connectivity index (χ4n) is 2.02. The first-order valence-corrected chi connectivity index (χ1v) is 5.79. The van der Waals surface area contributed by atoms with Crippen molar-refractivity contribution in [3.05, 3.63) is 29.8 Å². The van der Waals surface area contributed by atoms with Gasteiger partial charge in [0.2, 0.25) is 0 Å². The molecular weight excluding hydrogens is 186 g/mol. The molecule has 0 radical (unpaired) electrons. The Kier molecular flexibility index (Phi) is 3.27. The van der Waals surface area contributed by atoms with Crippen LogP contribution < -0.4 is 10.5 Å². The fourth-order valence-corrected chi connectivity index (χ4v) is 2.02. The lowest BCUT2D eigenvalue weighted by Gasteiger charge is -2.31. The maximum Gasteiger partial charge on any atom is 0.119 e. The molecule has 1 aliphatic rings. The first-order chi connectivity index (χ1) is 7.31. The molecular formula is C13H19NO. The van der Waals surface area contributed by atoms with E-state index in [0.717, 1.165) is 5.75 Å². The Labute approximate surface area is 91.4 Å². The summed E-state index contributed by atoms with van der Waals surface area (Å²) in [5.41, 5.74) is 7.42. The van der Waals surface area contributed by atoms with E-state index in [1.165, 1.54) is 24.8 Å². The molecule has 0 bridgehead atoms. The highest BCUT2D eigenvalue weighted by molar-refractivity contribution is 5.29. The van der Waals surface area contributed by atoms with Crippen molar-refractivity contribution < 1.29 is 4.74 Å². The lowest BCUT2D eigenvalue weighted by atomic mass is 9.78. The van der Waals surface area contributed by atoms with E-state index in [2.05, 4.69) is 12.1 Å². The maximum absolute atomic E-state index is 6.18. The molecule has 15 heavy (non-hydrogen) atoms. The van der Waals surface area contributed by atoms with E-state index in [9.17, 15) is 0 Å². The van der Waals surface area contributed by atoms with Gasteiger partial charge in [-0.1, -0.05) is 18.6 Å². The monoisotopic (exact) mass is 205 g/mol. The lowest BCUT2D eigenvalue weighted by molar-refractivity contribution is 0.264. The number of nitrogens with two attached hydrogens (primary N) is 1. The van der Waals surface area contributed by atoms with Crippen LogP contribution in [0.5, 0.6) is 5.75 Å². The molecule has 0 heterocycles. The van der Waals surface area contributed by atoms with Gasteiger partial charge >= 0.3 is 0 Å². The van der Waals surface area contributed by atoms with Crippen LogP contribution in [0.1, 0.15) is 37.8 Å². The molecule has 2 nitrogen and oxygen atoms in total. The highest BCUT2D eigenvalue weighted by atomic mass is 16.5. The minimum atomic E-state index is 0.217. The van der Waals surface area contributed by atoms with Gasteiger partial charge in [-0.3, -0.25) is 0 Å². The molecule has 0 saturated heterocycles. The van der Waals surface area contributed by atoms with Crippen LogP contribution in [-0.2, 0) is 0 Å². The predicted octanol–water partition coefficient (Wildman–Crippen LogP) is 2.89.